The molecule has 1 aromatic rings. The van der Waals surface area contributed by atoms with Gasteiger partial charge in [-0.25, -0.2) is 4.39 Å². The van der Waals surface area contributed by atoms with Crippen LogP contribution < -0.4 is 10.6 Å². The van der Waals surface area contributed by atoms with Crippen molar-refractivity contribution in [2.45, 2.75) is 32.2 Å². The molecule has 1 aliphatic rings. The van der Waals surface area contributed by atoms with Crippen LogP contribution in [0.4, 0.5) is 10.1 Å². The molecule has 1 fully saturated rings. The highest BCUT2D eigenvalue weighted by molar-refractivity contribution is 5.48. The van der Waals surface area contributed by atoms with E-state index < -0.39 is 0 Å². The van der Waals surface area contributed by atoms with Gasteiger partial charge in [-0.1, -0.05) is 6.07 Å². The molecule has 1 aromatic carbocycles. The predicted molar refractivity (Wildman–Crippen MR) is 80.6 cm³/mol. The van der Waals surface area contributed by atoms with E-state index in [0.29, 0.717) is 18.0 Å². The Kier molecular flexibility index (Phi) is 5.38. The van der Waals surface area contributed by atoms with Gasteiger partial charge in [0.15, 0.2) is 0 Å². The Labute approximate surface area is 120 Å². The Morgan fingerprint density at radius 2 is 2.30 bits per heavy atom. The number of hydrogen-bond acceptors (Lipinski definition) is 3. The van der Waals surface area contributed by atoms with Crippen LogP contribution in [-0.2, 0) is 11.2 Å². The third-order valence-corrected chi connectivity index (χ3v) is 3.77. The van der Waals surface area contributed by atoms with Crippen molar-refractivity contribution >= 4 is 5.69 Å². The molecule has 2 rings (SSSR count). The molecular formula is C16H25FN2O. The summed E-state index contributed by atoms with van der Waals surface area (Å²) in [7, 11) is 1.94. The van der Waals surface area contributed by atoms with Crippen LogP contribution in [0.5, 0.6) is 0 Å². The maximum atomic E-state index is 14.2. The van der Waals surface area contributed by atoms with Crippen LogP contribution in [0.2, 0.25) is 0 Å². The Hall–Kier alpha value is -1.13. The molecule has 0 aromatic heterocycles. The predicted octanol–water partition coefficient (Wildman–Crippen LogP) is 2.58. The van der Waals surface area contributed by atoms with Crippen molar-refractivity contribution in [3.8, 4) is 0 Å². The standard InChI is InChI=1S/C16H25FN2O/c1-12(18)8-13-5-6-16(15(17)9-13)19(2)10-14-4-3-7-20-11-14/h5-6,9,12,14H,3-4,7-8,10-11,18H2,1-2H3. The first-order valence-corrected chi connectivity index (χ1v) is 7.39. The Morgan fingerprint density at radius 1 is 1.50 bits per heavy atom. The van der Waals surface area contributed by atoms with Gasteiger partial charge in [0, 0.05) is 26.2 Å². The van der Waals surface area contributed by atoms with Gasteiger partial charge in [-0.2, -0.15) is 0 Å². The molecule has 1 aliphatic heterocycles. The zero-order chi connectivity index (χ0) is 14.5. The van der Waals surface area contributed by atoms with E-state index in [1.807, 2.05) is 31.0 Å². The minimum Gasteiger partial charge on any atom is -0.381 e. The molecule has 0 saturated carbocycles. The van der Waals surface area contributed by atoms with Gasteiger partial charge in [0.2, 0.25) is 0 Å². The Morgan fingerprint density at radius 3 is 2.90 bits per heavy atom. The van der Waals surface area contributed by atoms with Gasteiger partial charge in [-0.05, 0) is 49.8 Å². The summed E-state index contributed by atoms with van der Waals surface area (Å²) < 4.78 is 19.7. The van der Waals surface area contributed by atoms with Crippen molar-refractivity contribution in [3.63, 3.8) is 0 Å². The lowest BCUT2D eigenvalue weighted by molar-refractivity contribution is 0.0576. The molecule has 3 nitrogen and oxygen atoms in total. The van der Waals surface area contributed by atoms with Gasteiger partial charge in [-0.15, -0.1) is 0 Å². The molecular weight excluding hydrogens is 255 g/mol. The van der Waals surface area contributed by atoms with Crippen molar-refractivity contribution in [1.29, 1.82) is 0 Å². The van der Waals surface area contributed by atoms with Crippen LogP contribution in [-0.4, -0.2) is 32.8 Å². The van der Waals surface area contributed by atoms with Crippen molar-refractivity contribution in [1.82, 2.24) is 0 Å². The zero-order valence-corrected chi connectivity index (χ0v) is 12.4. The van der Waals surface area contributed by atoms with E-state index in [0.717, 1.165) is 38.2 Å². The minimum absolute atomic E-state index is 0.0531. The molecule has 0 aliphatic carbocycles. The number of nitrogens with two attached hydrogens (primary N) is 1. The van der Waals surface area contributed by atoms with Crippen LogP contribution in [0.3, 0.4) is 0 Å². The molecule has 0 amide bonds. The highest BCUT2D eigenvalue weighted by Crippen LogP contribution is 2.23. The number of rotatable bonds is 5. The quantitative estimate of drug-likeness (QED) is 0.901. The fraction of sp³-hybridized carbons (Fsp3) is 0.625. The zero-order valence-electron chi connectivity index (χ0n) is 12.4. The van der Waals surface area contributed by atoms with Crippen molar-refractivity contribution < 1.29 is 9.13 Å². The molecule has 112 valence electrons. The molecule has 0 bridgehead atoms. The summed E-state index contributed by atoms with van der Waals surface area (Å²) in [6.45, 7) is 4.42. The molecule has 20 heavy (non-hydrogen) atoms. The van der Waals surface area contributed by atoms with E-state index in [9.17, 15) is 4.39 Å². The average molecular weight is 280 g/mol. The molecule has 4 heteroatoms. The third kappa shape index (κ3) is 4.18. The largest absolute Gasteiger partial charge is 0.381 e. The highest BCUT2D eigenvalue weighted by atomic mass is 19.1. The fourth-order valence-corrected chi connectivity index (χ4v) is 2.80. The van der Waals surface area contributed by atoms with Gasteiger partial charge >= 0.3 is 0 Å². The Bertz CT molecular complexity index is 430. The molecule has 0 radical (unpaired) electrons. The molecule has 2 N–H and O–H groups in total. The van der Waals surface area contributed by atoms with Gasteiger partial charge in [0.1, 0.15) is 5.82 Å². The summed E-state index contributed by atoms with van der Waals surface area (Å²) in [6.07, 6.45) is 2.97. The first kappa shape index (κ1) is 15.3. The lowest BCUT2D eigenvalue weighted by atomic mass is 10.0. The summed E-state index contributed by atoms with van der Waals surface area (Å²) >= 11 is 0. The van der Waals surface area contributed by atoms with Crippen molar-refractivity contribution in [2.75, 3.05) is 31.7 Å². The normalized spacial score (nSPS) is 20.7. The summed E-state index contributed by atoms with van der Waals surface area (Å²) in [5, 5.41) is 0. The van der Waals surface area contributed by atoms with E-state index >= 15 is 0 Å². The first-order chi connectivity index (χ1) is 9.56. The van der Waals surface area contributed by atoms with Gasteiger partial charge < -0.3 is 15.4 Å². The lowest BCUT2D eigenvalue weighted by Crippen LogP contribution is -2.31. The molecule has 1 saturated heterocycles. The van der Waals surface area contributed by atoms with Crippen molar-refractivity contribution in [2.24, 2.45) is 11.7 Å². The maximum Gasteiger partial charge on any atom is 0.146 e. The average Bonchev–Trinajstić information content (AvgIpc) is 2.39. The van der Waals surface area contributed by atoms with E-state index in [-0.39, 0.29) is 11.9 Å². The number of ether oxygens (including phenoxy) is 1. The van der Waals surface area contributed by atoms with E-state index in [4.69, 9.17) is 10.5 Å². The lowest BCUT2D eigenvalue weighted by Gasteiger charge is -2.28. The first-order valence-electron chi connectivity index (χ1n) is 7.39. The van der Waals surface area contributed by atoms with Crippen LogP contribution in [0, 0.1) is 11.7 Å². The van der Waals surface area contributed by atoms with Gasteiger partial charge in [0.25, 0.3) is 0 Å². The summed E-state index contributed by atoms with van der Waals surface area (Å²) in [6, 6.07) is 5.48. The summed E-state index contributed by atoms with van der Waals surface area (Å²) in [5.74, 6) is 0.333. The SMILES string of the molecule is CC(N)Cc1ccc(N(C)CC2CCCOC2)c(F)c1. The van der Waals surface area contributed by atoms with Gasteiger partial charge in [-0.3, -0.25) is 0 Å². The Balaban J connectivity index is 2.00. The van der Waals surface area contributed by atoms with E-state index in [1.165, 1.54) is 0 Å². The number of benzene rings is 1. The van der Waals surface area contributed by atoms with Crippen molar-refractivity contribution in [3.05, 3.63) is 29.6 Å². The maximum absolute atomic E-state index is 14.2. The molecule has 2 unspecified atom stereocenters. The minimum atomic E-state index is -0.164. The molecule has 0 spiro atoms. The molecule has 1 heterocycles. The smallest absolute Gasteiger partial charge is 0.146 e. The number of halogens is 1. The second-order valence-corrected chi connectivity index (χ2v) is 5.93. The summed E-state index contributed by atoms with van der Waals surface area (Å²) in [5.41, 5.74) is 7.36. The fourth-order valence-electron chi connectivity index (χ4n) is 2.80. The highest BCUT2D eigenvalue weighted by Gasteiger charge is 2.18. The summed E-state index contributed by atoms with van der Waals surface area (Å²) in [4.78, 5) is 1.99. The molecule has 2 atom stereocenters. The topological polar surface area (TPSA) is 38.5 Å². The van der Waals surface area contributed by atoms with E-state index in [2.05, 4.69) is 0 Å². The van der Waals surface area contributed by atoms with Gasteiger partial charge in [0.05, 0.1) is 12.3 Å². The second-order valence-electron chi connectivity index (χ2n) is 5.93. The van der Waals surface area contributed by atoms with Crippen LogP contribution in [0.15, 0.2) is 18.2 Å². The number of hydrogen-bond donors (Lipinski definition) is 1. The number of nitrogens with zero attached hydrogens (tertiary/aromatic N) is 1. The van der Waals surface area contributed by atoms with E-state index in [1.54, 1.807) is 6.07 Å². The third-order valence-electron chi connectivity index (χ3n) is 3.77. The van der Waals surface area contributed by atoms with Crippen LogP contribution >= 0.6 is 0 Å². The monoisotopic (exact) mass is 280 g/mol. The number of anilines is 1. The van der Waals surface area contributed by atoms with Crippen LogP contribution in [0.25, 0.3) is 0 Å². The van der Waals surface area contributed by atoms with Crippen LogP contribution in [0.1, 0.15) is 25.3 Å². The second kappa shape index (κ2) is 7.04.